The number of nitrogens with zero attached hydrogens (tertiary/aromatic N) is 3. The van der Waals surface area contributed by atoms with Crippen molar-refractivity contribution in [3.05, 3.63) is 64.7 Å². The van der Waals surface area contributed by atoms with Crippen LogP contribution in [-0.4, -0.2) is 48.9 Å². The number of halogens is 1. The summed E-state index contributed by atoms with van der Waals surface area (Å²) in [5, 5.41) is 7.78. The Morgan fingerprint density at radius 1 is 1.04 bits per heavy atom. The van der Waals surface area contributed by atoms with E-state index in [1.165, 1.54) is 5.56 Å². The van der Waals surface area contributed by atoms with Gasteiger partial charge in [-0.3, -0.25) is 9.91 Å². The molecule has 2 aromatic rings. The molecule has 0 spiro atoms. The number of benzene rings is 2. The molecule has 0 radical (unpaired) electrons. The standard InChI is InChI=1S/C20H24ClN3O/c1-16(17-7-9-19(25-2)10-8-17)22-24-13-11-23(12-14-24)15-18-5-3-4-6-20(18)21/h3-10H,11-15H2,1-2H3/b22-16-. The smallest absolute Gasteiger partial charge is 0.118 e. The van der Waals surface area contributed by atoms with E-state index in [1.807, 2.05) is 42.5 Å². The third-order valence-electron chi connectivity index (χ3n) is 4.50. The van der Waals surface area contributed by atoms with Gasteiger partial charge in [0.05, 0.1) is 12.8 Å². The van der Waals surface area contributed by atoms with Crippen LogP contribution in [0.25, 0.3) is 0 Å². The minimum absolute atomic E-state index is 0.846. The van der Waals surface area contributed by atoms with Crippen LogP contribution in [0.5, 0.6) is 5.75 Å². The van der Waals surface area contributed by atoms with Crippen molar-refractivity contribution in [2.24, 2.45) is 5.10 Å². The molecule has 0 aromatic heterocycles. The van der Waals surface area contributed by atoms with E-state index in [2.05, 4.69) is 22.9 Å². The number of piperazine rings is 1. The number of ether oxygens (including phenoxy) is 1. The molecule has 0 saturated carbocycles. The second-order valence-electron chi connectivity index (χ2n) is 6.24. The average molecular weight is 358 g/mol. The van der Waals surface area contributed by atoms with Gasteiger partial charge < -0.3 is 4.74 Å². The molecule has 5 heteroatoms. The van der Waals surface area contributed by atoms with E-state index in [9.17, 15) is 0 Å². The number of methoxy groups -OCH3 is 1. The maximum Gasteiger partial charge on any atom is 0.118 e. The van der Waals surface area contributed by atoms with Crippen LogP contribution in [0.1, 0.15) is 18.1 Å². The SMILES string of the molecule is COc1ccc(/C(C)=N\N2CCN(Cc3ccccc3Cl)CC2)cc1. The fraction of sp³-hybridized carbons (Fsp3) is 0.350. The molecule has 132 valence electrons. The van der Waals surface area contributed by atoms with E-state index in [0.29, 0.717) is 0 Å². The van der Waals surface area contributed by atoms with Crippen molar-refractivity contribution in [1.82, 2.24) is 9.91 Å². The highest BCUT2D eigenvalue weighted by Crippen LogP contribution is 2.18. The lowest BCUT2D eigenvalue weighted by Gasteiger charge is -2.33. The molecule has 3 rings (SSSR count). The quantitative estimate of drug-likeness (QED) is 0.760. The summed E-state index contributed by atoms with van der Waals surface area (Å²) in [6, 6.07) is 16.1. The summed E-state index contributed by atoms with van der Waals surface area (Å²) in [6.07, 6.45) is 0. The maximum atomic E-state index is 6.26. The lowest BCUT2D eigenvalue weighted by molar-refractivity contribution is 0.130. The molecule has 1 heterocycles. The van der Waals surface area contributed by atoms with Gasteiger partial charge in [-0.1, -0.05) is 29.8 Å². The molecule has 0 aliphatic carbocycles. The highest BCUT2D eigenvalue weighted by Gasteiger charge is 2.17. The first-order chi connectivity index (χ1) is 12.2. The topological polar surface area (TPSA) is 28.1 Å². The number of hydrogen-bond donors (Lipinski definition) is 0. The largest absolute Gasteiger partial charge is 0.497 e. The van der Waals surface area contributed by atoms with Gasteiger partial charge in [0.25, 0.3) is 0 Å². The van der Waals surface area contributed by atoms with E-state index in [0.717, 1.165) is 54.8 Å². The lowest BCUT2D eigenvalue weighted by Crippen LogP contribution is -2.43. The number of hydrazone groups is 1. The zero-order valence-electron chi connectivity index (χ0n) is 14.8. The first-order valence-electron chi connectivity index (χ1n) is 8.56. The molecule has 0 unspecified atom stereocenters. The highest BCUT2D eigenvalue weighted by atomic mass is 35.5. The van der Waals surface area contributed by atoms with Crippen LogP contribution in [0.2, 0.25) is 5.02 Å². The average Bonchev–Trinajstić information content (AvgIpc) is 2.65. The molecule has 0 N–H and O–H groups in total. The van der Waals surface area contributed by atoms with Crippen molar-refractivity contribution >= 4 is 17.3 Å². The predicted octanol–water partition coefficient (Wildman–Crippen LogP) is 3.89. The molecule has 1 aliphatic heterocycles. The Hall–Kier alpha value is -2.04. The molecule has 0 bridgehead atoms. The Kier molecular flexibility index (Phi) is 5.95. The fourth-order valence-corrected chi connectivity index (χ4v) is 3.16. The molecule has 1 fully saturated rings. The molecule has 25 heavy (non-hydrogen) atoms. The van der Waals surface area contributed by atoms with Gasteiger partial charge in [0.15, 0.2) is 0 Å². The maximum absolute atomic E-state index is 6.26. The fourth-order valence-electron chi connectivity index (χ4n) is 2.97. The minimum atomic E-state index is 0.846. The van der Waals surface area contributed by atoms with Crippen LogP contribution >= 0.6 is 11.6 Å². The van der Waals surface area contributed by atoms with Gasteiger partial charge in [-0.25, -0.2) is 0 Å². The normalized spacial score (nSPS) is 16.1. The van der Waals surface area contributed by atoms with Crippen LogP contribution in [0, 0.1) is 0 Å². The zero-order valence-corrected chi connectivity index (χ0v) is 15.5. The molecular weight excluding hydrogens is 334 g/mol. The van der Waals surface area contributed by atoms with Crippen LogP contribution in [0.4, 0.5) is 0 Å². The Labute approximate surface area is 154 Å². The van der Waals surface area contributed by atoms with Gasteiger partial charge >= 0.3 is 0 Å². The van der Waals surface area contributed by atoms with Crippen molar-refractivity contribution in [1.29, 1.82) is 0 Å². The van der Waals surface area contributed by atoms with Crippen molar-refractivity contribution in [2.75, 3.05) is 33.3 Å². The summed E-state index contributed by atoms with van der Waals surface area (Å²) in [6.45, 7) is 6.79. The number of hydrogen-bond acceptors (Lipinski definition) is 4. The third kappa shape index (κ3) is 4.74. The van der Waals surface area contributed by atoms with Gasteiger partial charge in [0, 0.05) is 37.7 Å². The summed E-state index contributed by atoms with van der Waals surface area (Å²) in [5.74, 6) is 0.865. The van der Waals surface area contributed by atoms with Crippen molar-refractivity contribution in [3.63, 3.8) is 0 Å². The Morgan fingerprint density at radius 3 is 2.36 bits per heavy atom. The van der Waals surface area contributed by atoms with E-state index >= 15 is 0 Å². The van der Waals surface area contributed by atoms with Gasteiger partial charge in [0.2, 0.25) is 0 Å². The highest BCUT2D eigenvalue weighted by molar-refractivity contribution is 6.31. The lowest BCUT2D eigenvalue weighted by atomic mass is 10.1. The monoisotopic (exact) mass is 357 g/mol. The summed E-state index contributed by atoms with van der Waals surface area (Å²) in [4.78, 5) is 2.43. The van der Waals surface area contributed by atoms with Gasteiger partial charge in [-0.15, -0.1) is 0 Å². The second-order valence-corrected chi connectivity index (χ2v) is 6.64. The molecule has 4 nitrogen and oxygen atoms in total. The summed E-state index contributed by atoms with van der Waals surface area (Å²) in [7, 11) is 1.68. The Balaban J connectivity index is 1.55. The molecule has 2 aromatic carbocycles. The van der Waals surface area contributed by atoms with Crippen molar-refractivity contribution in [3.8, 4) is 5.75 Å². The van der Waals surface area contributed by atoms with Gasteiger partial charge in [0.1, 0.15) is 5.75 Å². The predicted molar refractivity (Wildman–Crippen MR) is 104 cm³/mol. The van der Waals surface area contributed by atoms with Crippen molar-refractivity contribution in [2.45, 2.75) is 13.5 Å². The van der Waals surface area contributed by atoms with Crippen LogP contribution in [-0.2, 0) is 6.54 Å². The summed E-state index contributed by atoms with van der Waals surface area (Å²) in [5.41, 5.74) is 3.34. The molecule has 0 atom stereocenters. The van der Waals surface area contributed by atoms with Crippen molar-refractivity contribution < 1.29 is 4.74 Å². The Bertz CT molecular complexity index is 722. The van der Waals surface area contributed by atoms with E-state index < -0.39 is 0 Å². The van der Waals surface area contributed by atoms with Gasteiger partial charge in [-0.2, -0.15) is 5.10 Å². The molecule has 1 saturated heterocycles. The second kappa shape index (κ2) is 8.37. The Morgan fingerprint density at radius 2 is 1.72 bits per heavy atom. The first kappa shape index (κ1) is 17.8. The molecule has 0 amide bonds. The van der Waals surface area contributed by atoms with Gasteiger partial charge in [-0.05, 0) is 48.4 Å². The van der Waals surface area contributed by atoms with Crippen LogP contribution < -0.4 is 4.74 Å². The van der Waals surface area contributed by atoms with E-state index in [1.54, 1.807) is 7.11 Å². The van der Waals surface area contributed by atoms with E-state index in [-0.39, 0.29) is 0 Å². The molecular formula is C20H24ClN3O. The zero-order chi connectivity index (χ0) is 17.6. The summed E-state index contributed by atoms with van der Waals surface area (Å²) < 4.78 is 5.20. The minimum Gasteiger partial charge on any atom is -0.497 e. The van der Waals surface area contributed by atoms with Crippen LogP contribution in [0.15, 0.2) is 53.6 Å². The van der Waals surface area contributed by atoms with E-state index in [4.69, 9.17) is 21.4 Å². The molecule has 1 aliphatic rings. The first-order valence-corrected chi connectivity index (χ1v) is 8.94. The summed E-state index contributed by atoms with van der Waals surface area (Å²) >= 11 is 6.26. The third-order valence-corrected chi connectivity index (χ3v) is 4.87. The number of rotatable bonds is 5. The van der Waals surface area contributed by atoms with Crippen LogP contribution in [0.3, 0.4) is 0 Å².